The summed E-state index contributed by atoms with van der Waals surface area (Å²) in [6.07, 6.45) is 0.298. The molecule has 2 amide bonds. The number of carbonyl (C=O) groups is 2. The van der Waals surface area contributed by atoms with Gasteiger partial charge in [-0.05, 0) is 56.8 Å². The number of alkyl halides is 3. The molecule has 3 fully saturated rings. The van der Waals surface area contributed by atoms with Crippen molar-refractivity contribution in [1.82, 2.24) is 19.8 Å². The second kappa shape index (κ2) is 11.5. The van der Waals surface area contributed by atoms with Gasteiger partial charge in [-0.25, -0.2) is 14.4 Å². The molecule has 1 saturated carbocycles. The van der Waals surface area contributed by atoms with Crippen molar-refractivity contribution in [3.63, 3.8) is 0 Å². The number of aliphatic hydroxyl groups is 1. The van der Waals surface area contributed by atoms with Crippen molar-refractivity contribution < 1.29 is 37.0 Å². The molecule has 3 aliphatic rings. The first-order valence-electron chi connectivity index (χ1n) is 13.8. The second-order valence-electron chi connectivity index (χ2n) is 11.4. The maximum Gasteiger partial charge on any atom is 0.395 e. The standard InChI is InChI=1S/C28H33F4N5O4/c29-21-10-18(2-3-20(21)26(40)37-14-19(38)11-23(37)25(33)39)22-12-35-24(13-34-22)41-15-17-4-8-36(9-5-17)16-27(6-1-7-27)28(30,31)32/h2-3,10,12-13,17,19,23,38H,1,4-9,11,14-16H2,(H2,33,39)/t19-,23+/m1/s1. The molecule has 2 saturated heterocycles. The second-order valence-corrected chi connectivity index (χ2v) is 11.4. The van der Waals surface area contributed by atoms with Crippen molar-refractivity contribution >= 4 is 11.8 Å². The van der Waals surface area contributed by atoms with Gasteiger partial charge in [0.2, 0.25) is 11.8 Å². The van der Waals surface area contributed by atoms with Gasteiger partial charge in [-0.15, -0.1) is 0 Å². The largest absolute Gasteiger partial charge is 0.476 e. The molecule has 0 bridgehead atoms. The number of amides is 2. The fraction of sp³-hybridized carbons (Fsp3) is 0.571. The van der Waals surface area contributed by atoms with Gasteiger partial charge in [0.15, 0.2) is 0 Å². The highest BCUT2D eigenvalue weighted by Crippen LogP contribution is 2.53. The summed E-state index contributed by atoms with van der Waals surface area (Å²) < 4.78 is 61.2. The van der Waals surface area contributed by atoms with Crippen molar-refractivity contribution in [3.05, 3.63) is 42.0 Å². The fourth-order valence-corrected chi connectivity index (χ4v) is 5.93. The van der Waals surface area contributed by atoms with Gasteiger partial charge in [0.25, 0.3) is 5.91 Å². The molecule has 2 aromatic rings. The normalized spacial score (nSPS) is 23.3. The Labute approximate surface area is 234 Å². The van der Waals surface area contributed by atoms with E-state index in [0.29, 0.717) is 37.4 Å². The molecule has 5 rings (SSSR count). The minimum absolute atomic E-state index is 0.00651. The van der Waals surface area contributed by atoms with Crippen molar-refractivity contribution in [2.75, 3.05) is 32.8 Å². The van der Waals surface area contributed by atoms with Crippen LogP contribution in [0.4, 0.5) is 17.6 Å². The molecule has 3 heterocycles. The van der Waals surface area contributed by atoms with Crippen LogP contribution in [0.15, 0.2) is 30.6 Å². The lowest BCUT2D eigenvalue weighted by atomic mass is 9.67. The van der Waals surface area contributed by atoms with Crippen LogP contribution in [-0.4, -0.2) is 87.8 Å². The molecule has 2 atom stereocenters. The third kappa shape index (κ3) is 6.15. The first-order chi connectivity index (χ1) is 19.5. The monoisotopic (exact) mass is 579 g/mol. The van der Waals surface area contributed by atoms with E-state index in [-0.39, 0.29) is 49.7 Å². The number of nitrogens with two attached hydrogens (primary N) is 1. The topological polar surface area (TPSA) is 122 Å². The Kier molecular flexibility index (Phi) is 8.20. The SMILES string of the molecule is NC(=O)[C@@H]1C[C@@H](O)CN1C(=O)c1ccc(-c2cnc(OCC3CCN(CC4(C(F)(F)F)CCC4)CC3)cn2)cc1F. The predicted octanol–water partition coefficient (Wildman–Crippen LogP) is 3.17. The zero-order valence-corrected chi connectivity index (χ0v) is 22.4. The highest BCUT2D eigenvalue weighted by atomic mass is 19.4. The number of aromatic nitrogens is 2. The summed E-state index contributed by atoms with van der Waals surface area (Å²) in [5.74, 6) is -1.85. The number of halogens is 4. The van der Waals surface area contributed by atoms with Gasteiger partial charge in [0, 0.05) is 25.1 Å². The molecule has 13 heteroatoms. The van der Waals surface area contributed by atoms with E-state index in [2.05, 4.69) is 9.97 Å². The van der Waals surface area contributed by atoms with Gasteiger partial charge >= 0.3 is 6.18 Å². The molecule has 1 aromatic heterocycles. The van der Waals surface area contributed by atoms with Crippen LogP contribution in [0, 0.1) is 17.2 Å². The Morgan fingerprint density at radius 1 is 1.15 bits per heavy atom. The molecule has 9 nitrogen and oxygen atoms in total. The van der Waals surface area contributed by atoms with Crippen molar-refractivity contribution in [2.45, 2.75) is 56.8 Å². The smallest absolute Gasteiger partial charge is 0.395 e. The molecule has 222 valence electrons. The number of hydrogen-bond donors (Lipinski definition) is 2. The summed E-state index contributed by atoms with van der Waals surface area (Å²) in [7, 11) is 0. The molecule has 3 N–H and O–H groups in total. The molecule has 0 unspecified atom stereocenters. The predicted molar refractivity (Wildman–Crippen MR) is 139 cm³/mol. The van der Waals surface area contributed by atoms with Gasteiger partial charge in [-0.2, -0.15) is 13.2 Å². The number of benzene rings is 1. The number of aliphatic hydroxyl groups excluding tert-OH is 1. The number of carbonyl (C=O) groups excluding carboxylic acids is 2. The van der Waals surface area contributed by atoms with Crippen molar-refractivity contribution in [1.29, 1.82) is 0 Å². The third-order valence-corrected chi connectivity index (χ3v) is 8.60. The number of β-amino-alcohol motifs (C(OH)–C–C–N with tert-alkyl or cyclic N) is 1. The Bertz CT molecular complexity index is 1260. The van der Waals surface area contributed by atoms with E-state index in [1.165, 1.54) is 24.5 Å². The molecule has 0 radical (unpaired) electrons. The van der Waals surface area contributed by atoms with Crippen molar-refractivity contribution in [3.8, 4) is 17.1 Å². The van der Waals surface area contributed by atoms with Crippen LogP contribution in [-0.2, 0) is 4.79 Å². The summed E-state index contributed by atoms with van der Waals surface area (Å²) >= 11 is 0. The lowest BCUT2D eigenvalue weighted by molar-refractivity contribution is -0.256. The van der Waals surface area contributed by atoms with E-state index >= 15 is 0 Å². The Morgan fingerprint density at radius 3 is 2.44 bits per heavy atom. The van der Waals surface area contributed by atoms with Crippen LogP contribution in [0.1, 0.15) is 48.9 Å². The van der Waals surface area contributed by atoms with Gasteiger partial charge in [0.1, 0.15) is 11.9 Å². The molecule has 0 spiro atoms. The number of nitrogens with zero attached hydrogens (tertiary/aromatic N) is 4. The van der Waals surface area contributed by atoms with Gasteiger partial charge < -0.3 is 25.4 Å². The van der Waals surface area contributed by atoms with Gasteiger partial charge in [-0.1, -0.05) is 12.5 Å². The van der Waals surface area contributed by atoms with Gasteiger partial charge in [-0.3, -0.25) is 9.59 Å². The fourth-order valence-electron chi connectivity index (χ4n) is 5.93. The van der Waals surface area contributed by atoms with Crippen LogP contribution < -0.4 is 10.5 Å². The minimum atomic E-state index is -4.16. The maximum absolute atomic E-state index is 14.9. The summed E-state index contributed by atoms with van der Waals surface area (Å²) in [5.41, 5.74) is 4.26. The summed E-state index contributed by atoms with van der Waals surface area (Å²) in [4.78, 5) is 36.0. The summed E-state index contributed by atoms with van der Waals surface area (Å²) in [6.45, 7) is 1.53. The van der Waals surface area contributed by atoms with Crippen LogP contribution in [0.2, 0.25) is 0 Å². The molecule has 41 heavy (non-hydrogen) atoms. The van der Waals surface area contributed by atoms with E-state index in [0.717, 1.165) is 23.8 Å². The van der Waals surface area contributed by atoms with E-state index in [1.807, 2.05) is 4.90 Å². The molecule has 1 aromatic carbocycles. The van der Waals surface area contributed by atoms with Crippen LogP contribution in [0.3, 0.4) is 0 Å². The number of hydrogen-bond acceptors (Lipinski definition) is 7. The number of likely N-dealkylation sites (tertiary alicyclic amines) is 2. The lowest BCUT2D eigenvalue weighted by Gasteiger charge is -2.47. The Balaban J connectivity index is 1.13. The van der Waals surface area contributed by atoms with Crippen molar-refractivity contribution in [2.24, 2.45) is 17.1 Å². The van der Waals surface area contributed by atoms with Crippen LogP contribution in [0.5, 0.6) is 5.88 Å². The Morgan fingerprint density at radius 2 is 1.88 bits per heavy atom. The molecule has 1 aliphatic carbocycles. The van der Waals surface area contributed by atoms with Crippen LogP contribution >= 0.6 is 0 Å². The molecule has 2 aliphatic heterocycles. The van der Waals surface area contributed by atoms with E-state index < -0.39 is 41.4 Å². The highest BCUT2D eigenvalue weighted by molar-refractivity contribution is 5.98. The first kappa shape index (κ1) is 29.2. The number of primary amides is 1. The number of ether oxygens (including phenoxy) is 1. The zero-order valence-electron chi connectivity index (χ0n) is 22.4. The zero-order chi connectivity index (χ0) is 29.4. The van der Waals surface area contributed by atoms with E-state index in [1.54, 1.807) is 0 Å². The lowest BCUT2D eigenvalue weighted by Crippen LogP contribution is -2.53. The number of rotatable bonds is 8. The minimum Gasteiger partial charge on any atom is -0.476 e. The molecular weight excluding hydrogens is 546 g/mol. The first-order valence-corrected chi connectivity index (χ1v) is 13.8. The summed E-state index contributed by atoms with van der Waals surface area (Å²) in [6, 6.07) is 2.93. The highest BCUT2D eigenvalue weighted by Gasteiger charge is 2.58. The average molecular weight is 580 g/mol. The maximum atomic E-state index is 14.9. The average Bonchev–Trinajstić information content (AvgIpc) is 3.31. The van der Waals surface area contributed by atoms with Gasteiger partial charge in [0.05, 0.1) is 41.8 Å². The summed E-state index contributed by atoms with van der Waals surface area (Å²) in [5, 5.41) is 9.84. The third-order valence-electron chi connectivity index (χ3n) is 8.60. The quantitative estimate of drug-likeness (QED) is 0.461. The molecular formula is C28H33F4N5O4. The van der Waals surface area contributed by atoms with E-state index in [4.69, 9.17) is 10.5 Å². The van der Waals surface area contributed by atoms with Crippen LogP contribution in [0.25, 0.3) is 11.3 Å². The number of piperidine rings is 1. The Hall–Kier alpha value is -3.32. The van der Waals surface area contributed by atoms with E-state index in [9.17, 15) is 32.3 Å².